The molecule has 0 spiro atoms. The van der Waals surface area contributed by atoms with Gasteiger partial charge in [0.1, 0.15) is 5.60 Å². The van der Waals surface area contributed by atoms with Gasteiger partial charge in [0.15, 0.2) is 0 Å². The van der Waals surface area contributed by atoms with Crippen molar-refractivity contribution >= 4 is 5.97 Å². The van der Waals surface area contributed by atoms with Crippen LogP contribution in [0.5, 0.6) is 0 Å². The van der Waals surface area contributed by atoms with Crippen LogP contribution in [0.1, 0.15) is 51.9 Å². The molecular weight excluding hydrogens is 212 g/mol. The van der Waals surface area contributed by atoms with Crippen LogP contribution in [0.2, 0.25) is 0 Å². The smallest absolute Gasteiger partial charge is 0.333 e. The van der Waals surface area contributed by atoms with Gasteiger partial charge in [0.2, 0.25) is 0 Å². The number of ether oxygens (including phenoxy) is 1. The summed E-state index contributed by atoms with van der Waals surface area (Å²) in [5.41, 5.74) is 0.518. The zero-order chi connectivity index (χ0) is 12.0. The van der Waals surface area contributed by atoms with E-state index in [9.17, 15) is 4.79 Å². The molecule has 4 rings (SSSR count). The lowest BCUT2D eigenvalue weighted by atomic mass is 9.54. The molecule has 2 heteroatoms. The highest BCUT2D eigenvalue weighted by atomic mass is 16.6. The largest absolute Gasteiger partial charge is 0.456 e. The molecule has 4 fully saturated rings. The summed E-state index contributed by atoms with van der Waals surface area (Å²) in [6.07, 6.45) is 8.18. The fraction of sp³-hybridized carbons (Fsp3) is 0.800. The minimum atomic E-state index is -0.144. The van der Waals surface area contributed by atoms with E-state index in [0.29, 0.717) is 12.0 Å². The van der Waals surface area contributed by atoms with E-state index in [1.54, 1.807) is 0 Å². The lowest BCUT2D eigenvalue weighted by molar-refractivity contribution is -0.182. The predicted molar refractivity (Wildman–Crippen MR) is 66.4 cm³/mol. The van der Waals surface area contributed by atoms with Gasteiger partial charge in [0.05, 0.1) is 0 Å². The summed E-state index contributed by atoms with van der Waals surface area (Å²) in [4.78, 5) is 11.9. The summed E-state index contributed by atoms with van der Waals surface area (Å²) in [6, 6.07) is 0. The van der Waals surface area contributed by atoms with Gasteiger partial charge < -0.3 is 4.74 Å². The van der Waals surface area contributed by atoms with E-state index in [0.717, 1.165) is 37.0 Å². The van der Waals surface area contributed by atoms with E-state index >= 15 is 0 Å². The maximum absolute atomic E-state index is 11.9. The van der Waals surface area contributed by atoms with Crippen molar-refractivity contribution in [3.8, 4) is 0 Å². The zero-order valence-corrected chi connectivity index (χ0v) is 10.7. The molecule has 17 heavy (non-hydrogen) atoms. The van der Waals surface area contributed by atoms with Crippen molar-refractivity contribution in [2.45, 2.75) is 57.5 Å². The van der Waals surface area contributed by atoms with Gasteiger partial charge in [-0.05, 0) is 62.7 Å². The van der Waals surface area contributed by atoms with E-state index in [1.807, 2.05) is 6.92 Å². The molecule has 0 atom stereocenters. The molecule has 0 radical (unpaired) electrons. The first-order chi connectivity index (χ1) is 8.10. The first kappa shape index (κ1) is 11.3. The molecule has 4 aliphatic rings. The Bertz CT molecular complexity index is 321. The number of rotatable bonds is 3. The molecule has 0 unspecified atom stereocenters. The van der Waals surface area contributed by atoms with Crippen molar-refractivity contribution in [3.63, 3.8) is 0 Å². The van der Waals surface area contributed by atoms with Crippen LogP contribution in [-0.2, 0) is 9.53 Å². The Labute approximate surface area is 103 Å². The molecule has 0 aliphatic heterocycles. The molecule has 4 aliphatic carbocycles. The molecule has 4 bridgehead atoms. The molecule has 0 N–H and O–H groups in total. The highest BCUT2D eigenvalue weighted by molar-refractivity contribution is 5.87. The lowest BCUT2D eigenvalue weighted by Gasteiger charge is -2.55. The van der Waals surface area contributed by atoms with Crippen LogP contribution in [-0.4, -0.2) is 11.6 Å². The first-order valence-corrected chi connectivity index (χ1v) is 7.01. The quantitative estimate of drug-likeness (QED) is 0.552. The second-order valence-corrected chi connectivity index (χ2v) is 6.45. The molecule has 0 aromatic heterocycles. The molecule has 94 valence electrons. The predicted octanol–water partition coefficient (Wildman–Crippen LogP) is 3.46. The van der Waals surface area contributed by atoms with Crippen LogP contribution in [0, 0.1) is 17.8 Å². The van der Waals surface area contributed by atoms with Gasteiger partial charge in [0, 0.05) is 5.57 Å². The molecule has 0 saturated heterocycles. The lowest BCUT2D eigenvalue weighted by Crippen LogP contribution is -2.52. The molecule has 4 saturated carbocycles. The van der Waals surface area contributed by atoms with Crippen LogP contribution in [0.15, 0.2) is 12.2 Å². The van der Waals surface area contributed by atoms with Crippen LogP contribution in [0.4, 0.5) is 0 Å². The van der Waals surface area contributed by atoms with E-state index < -0.39 is 0 Å². The molecular formula is C15H22O2. The minimum Gasteiger partial charge on any atom is -0.456 e. The SMILES string of the molecule is C=C(CC)C(=O)OC12CC3CC(CC(C3)C1)C2. The Balaban J connectivity index is 1.74. The van der Waals surface area contributed by atoms with Gasteiger partial charge >= 0.3 is 5.97 Å². The fourth-order valence-electron chi connectivity index (χ4n) is 4.57. The van der Waals surface area contributed by atoms with E-state index in [1.165, 1.54) is 19.3 Å². The number of esters is 1. The van der Waals surface area contributed by atoms with Crippen molar-refractivity contribution in [3.05, 3.63) is 12.2 Å². The van der Waals surface area contributed by atoms with Crippen LogP contribution < -0.4 is 0 Å². The Morgan fingerprint density at radius 2 is 1.65 bits per heavy atom. The van der Waals surface area contributed by atoms with E-state index in [2.05, 4.69) is 6.58 Å². The van der Waals surface area contributed by atoms with Gasteiger partial charge in [-0.2, -0.15) is 0 Å². The van der Waals surface area contributed by atoms with Crippen molar-refractivity contribution in [2.75, 3.05) is 0 Å². The summed E-state index contributed by atoms with van der Waals surface area (Å²) in [5.74, 6) is 2.33. The van der Waals surface area contributed by atoms with Gasteiger partial charge in [0.25, 0.3) is 0 Å². The third-order valence-electron chi connectivity index (χ3n) is 5.01. The highest BCUT2D eigenvalue weighted by Crippen LogP contribution is 2.57. The number of carbonyl (C=O) groups excluding carboxylic acids is 1. The van der Waals surface area contributed by atoms with E-state index in [4.69, 9.17) is 4.74 Å². The minimum absolute atomic E-state index is 0.107. The van der Waals surface area contributed by atoms with Crippen molar-refractivity contribution < 1.29 is 9.53 Å². The monoisotopic (exact) mass is 234 g/mol. The highest BCUT2D eigenvalue weighted by Gasteiger charge is 2.53. The average molecular weight is 234 g/mol. The second-order valence-electron chi connectivity index (χ2n) is 6.45. The molecule has 0 aromatic carbocycles. The molecule has 0 aromatic rings. The van der Waals surface area contributed by atoms with Crippen molar-refractivity contribution in [1.82, 2.24) is 0 Å². The van der Waals surface area contributed by atoms with Crippen molar-refractivity contribution in [1.29, 1.82) is 0 Å². The fourth-order valence-corrected chi connectivity index (χ4v) is 4.57. The zero-order valence-electron chi connectivity index (χ0n) is 10.7. The van der Waals surface area contributed by atoms with Crippen LogP contribution in [0.25, 0.3) is 0 Å². The summed E-state index contributed by atoms with van der Waals surface area (Å²) in [5, 5.41) is 0. The first-order valence-electron chi connectivity index (χ1n) is 7.01. The van der Waals surface area contributed by atoms with Gasteiger partial charge in [-0.3, -0.25) is 0 Å². The van der Waals surface area contributed by atoms with E-state index in [-0.39, 0.29) is 11.6 Å². The Kier molecular flexibility index (Phi) is 2.57. The maximum Gasteiger partial charge on any atom is 0.333 e. The Morgan fingerprint density at radius 3 is 2.06 bits per heavy atom. The van der Waals surface area contributed by atoms with Crippen LogP contribution in [0.3, 0.4) is 0 Å². The summed E-state index contributed by atoms with van der Waals surface area (Å²) in [6.45, 7) is 5.76. The molecule has 0 heterocycles. The third-order valence-corrected chi connectivity index (χ3v) is 5.01. The normalized spacial score (nSPS) is 42.5. The van der Waals surface area contributed by atoms with Gasteiger partial charge in [-0.25, -0.2) is 4.79 Å². The number of hydrogen-bond acceptors (Lipinski definition) is 2. The topological polar surface area (TPSA) is 26.3 Å². The summed E-state index contributed by atoms with van der Waals surface area (Å²) < 4.78 is 5.86. The maximum atomic E-state index is 11.9. The van der Waals surface area contributed by atoms with Gasteiger partial charge in [-0.15, -0.1) is 0 Å². The standard InChI is InChI=1S/C15H22O2/c1-3-10(2)14(16)17-15-7-11-4-12(8-15)6-13(5-11)9-15/h11-13H,2-9H2,1H3. The molecule has 0 amide bonds. The Hall–Kier alpha value is -0.790. The number of carbonyl (C=O) groups is 1. The van der Waals surface area contributed by atoms with Crippen LogP contribution >= 0.6 is 0 Å². The Morgan fingerprint density at radius 1 is 1.18 bits per heavy atom. The molecule has 2 nitrogen and oxygen atoms in total. The summed E-state index contributed by atoms with van der Waals surface area (Å²) in [7, 11) is 0. The second kappa shape index (κ2) is 3.86. The van der Waals surface area contributed by atoms with Crippen molar-refractivity contribution in [2.24, 2.45) is 17.8 Å². The average Bonchev–Trinajstić information content (AvgIpc) is 2.25. The number of hydrogen-bond donors (Lipinski definition) is 0. The summed E-state index contributed by atoms with van der Waals surface area (Å²) >= 11 is 0. The third kappa shape index (κ3) is 1.92. The van der Waals surface area contributed by atoms with Gasteiger partial charge in [-0.1, -0.05) is 13.5 Å².